The number of hydrogen-bond acceptors (Lipinski definition) is 4. The number of benzene rings is 2. The van der Waals surface area contributed by atoms with Gasteiger partial charge < -0.3 is 9.84 Å². The lowest BCUT2D eigenvalue weighted by Crippen LogP contribution is -2.10. The van der Waals surface area contributed by atoms with Crippen LogP contribution in [0.25, 0.3) is 0 Å². The molecule has 0 aliphatic carbocycles. The van der Waals surface area contributed by atoms with Gasteiger partial charge in [0.05, 0.1) is 6.61 Å². The molecule has 1 N–H and O–H groups in total. The largest absolute Gasteiger partial charge is 0.392 e. The van der Waals surface area contributed by atoms with Gasteiger partial charge in [-0.25, -0.2) is 0 Å². The summed E-state index contributed by atoms with van der Waals surface area (Å²) in [6.07, 6.45) is 3.87. The number of ether oxygens (including phenoxy) is 1. The summed E-state index contributed by atoms with van der Waals surface area (Å²) in [4.78, 5) is 2.47. The SMILES string of the molecule is COC(Sc1ccccc1)C(=CCO)CCCSc1ccccc1. The van der Waals surface area contributed by atoms with Crippen LogP contribution in [-0.2, 0) is 4.74 Å². The fourth-order valence-electron chi connectivity index (χ4n) is 2.31. The maximum atomic E-state index is 9.34. The van der Waals surface area contributed by atoms with Gasteiger partial charge in [0.15, 0.2) is 0 Å². The molecule has 0 fully saturated rings. The van der Waals surface area contributed by atoms with Gasteiger partial charge in [-0.3, -0.25) is 0 Å². The van der Waals surface area contributed by atoms with Gasteiger partial charge >= 0.3 is 0 Å². The van der Waals surface area contributed by atoms with Crippen molar-refractivity contribution < 1.29 is 9.84 Å². The Bertz CT molecular complexity index is 600. The average Bonchev–Trinajstić information content (AvgIpc) is 2.64. The Kier molecular flexibility index (Phi) is 9.06. The first-order valence-corrected chi connectivity index (χ1v) is 9.92. The van der Waals surface area contributed by atoms with E-state index in [1.807, 2.05) is 42.1 Å². The minimum Gasteiger partial charge on any atom is -0.392 e. The van der Waals surface area contributed by atoms with E-state index in [2.05, 4.69) is 36.4 Å². The van der Waals surface area contributed by atoms with Crippen molar-refractivity contribution in [3.63, 3.8) is 0 Å². The molecule has 2 aromatic rings. The molecule has 0 radical (unpaired) electrons. The fraction of sp³-hybridized carbons (Fsp3) is 0.300. The zero-order chi connectivity index (χ0) is 17.0. The highest BCUT2D eigenvalue weighted by atomic mass is 32.2. The summed E-state index contributed by atoms with van der Waals surface area (Å²) in [5.41, 5.74) is 1.10. The molecule has 2 rings (SSSR count). The Hall–Kier alpha value is -1.20. The van der Waals surface area contributed by atoms with Gasteiger partial charge in [-0.05, 0) is 48.4 Å². The summed E-state index contributed by atoms with van der Waals surface area (Å²) in [6, 6.07) is 20.7. The Morgan fingerprint density at radius 3 is 2.25 bits per heavy atom. The molecule has 0 bridgehead atoms. The first-order chi connectivity index (χ1) is 11.8. The molecule has 0 saturated carbocycles. The normalized spacial score (nSPS) is 13.0. The van der Waals surface area contributed by atoms with Gasteiger partial charge in [0.2, 0.25) is 0 Å². The molecule has 4 heteroatoms. The molecule has 0 amide bonds. The van der Waals surface area contributed by atoms with Crippen molar-refractivity contribution in [2.24, 2.45) is 0 Å². The molecule has 0 aliphatic rings. The molecule has 128 valence electrons. The third-order valence-corrected chi connectivity index (χ3v) is 5.83. The van der Waals surface area contributed by atoms with Gasteiger partial charge in [0, 0.05) is 16.9 Å². The summed E-state index contributed by atoms with van der Waals surface area (Å²) in [5.74, 6) is 1.05. The van der Waals surface area contributed by atoms with E-state index in [1.54, 1.807) is 18.9 Å². The van der Waals surface area contributed by atoms with Gasteiger partial charge in [-0.2, -0.15) is 0 Å². The van der Waals surface area contributed by atoms with Gasteiger partial charge in [0.1, 0.15) is 5.44 Å². The van der Waals surface area contributed by atoms with Gasteiger partial charge in [-0.15, -0.1) is 11.8 Å². The van der Waals surface area contributed by atoms with Crippen molar-refractivity contribution in [3.8, 4) is 0 Å². The topological polar surface area (TPSA) is 29.5 Å². The molecule has 1 atom stereocenters. The second kappa shape index (κ2) is 11.4. The lowest BCUT2D eigenvalue weighted by atomic mass is 10.1. The lowest BCUT2D eigenvalue weighted by molar-refractivity contribution is 0.194. The van der Waals surface area contributed by atoms with E-state index in [1.165, 1.54) is 9.79 Å². The number of aliphatic hydroxyl groups excluding tert-OH is 1. The first-order valence-electron chi connectivity index (χ1n) is 8.05. The van der Waals surface area contributed by atoms with E-state index in [0.717, 1.165) is 24.2 Å². The van der Waals surface area contributed by atoms with E-state index in [0.29, 0.717) is 0 Å². The second-order valence-electron chi connectivity index (χ2n) is 5.23. The van der Waals surface area contributed by atoms with Crippen molar-refractivity contribution in [2.75, 3.05) is 19.5 Å². The maximum absolute atomic E-state index is 9.34. The van der Waals surface area contributed by atoms with Crippen LogP contribution < -0.4 is 0 Å². The second-order valence-corrected chi connectivity index (χ2v) is 7.53. The zero-order valence-electron chi connectivity index (χ0n) is 13.9. The summed E-state index contributed by atoms with van der Waals surface area (Å²) in [6.45, 7) is 0.0520. The van der Waals surface area contributed by atoms with E-state index < -0.39 is 0 Å². The van der Waals surface area contributed by atoms with Crippen LogP contribution in [0.15, 0.2) is 82.1 Å². The molecule has 2 aromatic carbocycles. The summed E-state index contributed by atoms with van der Waals surface area (Å²) < 4.78 is 5.66. The van der Waals surface area contributed by atoms with Crippen LogP contribution >= 0.6 is 23.5 Å². The number of aliphatic hydroxyl groups is 1. The molecule has 0 aromatic heterocycles. The quantitative estimate of drug-likeness (QED) is 0.271. The first kappa shape index (κ1) is 19.1. The Labute approximate surface area is 153 Å². The number of methoxy groups -OCH3 is 1. The standard InChI is InChI=1S/C20H24O2S2/c1-22-20(24-19-12-6-3-7-13-19)17(14-15-21)9-8-16-23-18-10-4-2-5-11-18/h2-7,10-14,20-21H,8-9,15-16H2,1H3. The van der Waals surface area contributed by atoms with Crippen molar-refractivity contribution in [2.45, 2.75) is 28.1 Å². The third-order valence-electron chi connectivity index (χ3n) is 3.48. The Morgan fingerprint density at radius 2 is 1.67 bits per heavy atom. The van der Waals surface area contributed by atoms with Crippen LogP contribution in [0.3, 0.4) is 0 Å². The van der Waals surface area contributed by atoms with Gasteiger partial charge in [-0.1, -0.05) is 54.2 Å². The van der Waals surface area contributed by atoms with E-state index in [4.69, 9.17) is 4.74 Å². The minimum absolute atomic E-state index is 0.0520. The maximum Gasteiger partial charge on any atom is 0.128 e. The molecular weight excluding hydrogens is 336 g/mol. The molecule has 24 heavy (non-hydrogen) atoms. The molecular formula is C20H24O2S2. The predicted molar refractivity (Wildman–Crippen MR) is 105 cm³/mol. The number of hydrogen-bond donors (Lipinski definition) is 1. The molecule has 1 unspecified atom stereocenters. The van der Waals surface area contributed by atoms with Crippen LogP contribution in [0.2, 0.25) is 0 Å². The molecule has 0 heterocycles. The lowest BCUT2D eigenvalue weighted by Gasteiger charge is -2.19. The van der Waals surface area contributed by atoms with Crippen LogP contribution in [0, 0.1) is 0 Å². The monoisotopic (exact) mass is 360 g/mol. The minimum atomic E-state index is -0.0544. The highest BCUT2D eigenvalue weighted by Gasteiger charge is 2.14. The van der Waals surface area contributed by atoms with Crippen molar-refractivity contribution in [1.82, 2.24) is 0 Å². The van der Waals surface area contributed by atoms with Crippen LogP contribution in [0.1, 0.15) is 12.8 Å². The van der Waals surface area contributed by atoms with Crippen molar-refractivity contribution in [1.29, 1.82) is 0 Å². The zero-order valence-corrected chi connectivity index (χ0v) is 15.6. The van der Waals surface area contributed by atoms with Crippen molar-refractivity contribution >= 4 is 23.5 Å². The van der Waals surface area contributed by atoms with E-state index in [9.17, 15) is 5.11 Å². The van der Waals surface area contributed by atoms with Crippen LogP contribution in [0.5, 0.6) is 0 Å². The van der Waals surface area contributed by atoms with E-state index in [-0.39, 0.29) is 12.0 Å². The van der Waals surface area contributed by atoms with Crippen LogP contribution in [-0.4, -0.2) is 30.0 Å². The molecule has 0 spiro atoms. The summed E-state index contributed by atoms with van der Waals surface area (Å²) in [5, 5.41) is 9.34. The Morgan fingerprint density at radius 1 is 1.04 bits per heavy atom. The molecule has 0 saturated heterocycles. The highest BCUT2D eigenvalue weighted by molar-refractivity contribution is 8.00. The predicted octanol–water partition coefficient (Wildman–Crippen LogP) is 5.24. The fourth-order valence-corrected chi connectivity index (χ4v) is 4.21. The summed E-state index contributed by atoms with van der Waals surface area (Å²) in [7, 11) is 1.73. The van der Waals surface area contributed by atoms with Crippen LogP contribution in [0.4, 0.5) is 0 Å². The van der Waals surface area contributed by atoms with E-state index >= 15 is 0 Å². The third kappa shape index (κ3) is 6.73. The Balaban J connectivity index is 1.86. The number of thioether (sulfide) groups is 2. The highest BCUT2D eigenvalue weighted by Crippen LogP contribution is 2.31. The van der Waals surface area contributed by atoms with Gasteiger partial charge in [0.25, 0.3) is 0 Å². The van der Waals surface area contributed by atoms with Crippen molar-refractivity contribution in [3.05, 3.63) is 72.3 Å². The number of rotatable bonds is 10. The molecule has 0 aliphatic heterocycles. The average molecular weight is 361 g/mol. The molecule has 2 nitrogen and oxygen atoms in total. The smallest absolute Gasteiger partial charge is 0.128 e. The summed E-state index contributed by atoms with van der Waals surface area (Å²) >= 11 is 3.55.